The highest BCUT2D eigenvalue weighted by molar-refractivity contribution is 7.14. The van der Waals surface area contributed by atoms with Crippen molar-refractivity contribution in [3.05, 3.63) is 21.9 Å². The van der Waals surface area contributed by atoms with E-state index in [0.717, 1.165) is 17.7 Å². The molecule has 0 atom stereocenters. The highest BCUT2D eigenvalue weighted by atomic mass is 32.1. The molecule has 1 fully saturated rings. The van der Waals surface area contributed by atoms with Gasteiger partial charge in [-0.15, -0.1) is 11.3 Å². The number of carbonyl (C=O) groups is 2. The van der Waals surface area contributed by atoms with E-state index in [9.17, 15) is 9.59 Å². The molecule has 0 unspecified atom stereocenters. The zero-order valence-electron chi connectivity index (χ0n) is 11.6. The lowest BCUT2D eigenvalue weighted by Crippen LogP contribution is -2.35. The number of aliphatic hydroxyl groups excluding tert-OH is 1. The highest BCUT2D eigenvalue weighted by Gasteiger charge is 2.28. The lowest BCUT2D eigenvalue weighted by atomic mass is 10.3. The van der Waals surface area contributed by atoms with Gasteiger partial charge in [-0.1, -0.05) is 11.8 Å². The summed E-state index contributed by atoms with van der Waals surface area (Å²) >= 11 is 1.32. The number of carbonyl (C=O) groups excluding carboxylic acids is 2. The first-order valence-electron chi connectivity index (χ1n) is 6.96. The van der Waals surface area contributed by atoms with Crippen LogP contribution < -0.4 is 10.6 Å². The molecule has 112 valence electrons. The molecule has 0 bridgehead atoms. The zero-order valence-corrected chi connectivity index (χ0v) is 12.5. The molecule has 1 aliphatic carbocycles. The minimum atomic E-state index is -0.157. The van der Waals surface area contributed by atoms with Crippen LogP contribution in [-0.2, 0) is 4.79 Å². The molecule has 2 amide bonds. The Labute approximate surface area is 127 Å². The van der Waals surface area contributed by atoms with Crippen LogP contribution in [0, 0.1) is 17.8 Å². The summed E-state index contributed by atoms with van der Waals surface area (Å²) < 4.78 is 0. The Morgan fingerprint density at radius 2 is 2.05 bits per heavy atom. The topological polar surface area (TPSA) is 78.4 Å². The SMILES string of the molecule is O=C(NCCNC(=O)C1CC1)c1ccc(C#CCCO)s1. The standard InChI is InChI=1S/C15H18N2O3S/c18-10-2-1-3-12-6-7-13(21-12)15(20)17-9-8-16-14(19)11-4-5-11/h6-7,11,18H,2,4-5,8-10H2,(H,16,19)(H,17,20). The van der Waals surface area contributed by atoms with Gasteiger partial charge in [0.15, 0.2) is 0 Å². The molecule has 0 aliphatic heterocycles. The van der Waals surface area contributed by atoms with E-state index in [2.05, 4.69) is 22.5 Å². The van der Waals surface area contributed by atoms with Gasteiger partial charge in [0.2, 0.25) is 5.91 Å². The van der Waals surface area contributed by atoms with Gasteiger partial charge in [0, 0.05) is 25.4 Å². The normalized spacial score (nSPS) is 13.2. The van der Waals surface area contributed by atoms with Crippen molar-refractivity contribution in [2.75, 3.05) is 19.7 Å². The second-order valence-corrected chi connectivity index (χ2v) is 5.84. The summed E-state index contributed by atoms with van der Waals surface area (Å²) in [7, 11) is 0. The molecule has 3 N–H and O–H groups in total. The Hall–Kier alpha value is -1.84. The molecule has 1 aromatic rings. The van der Waals surface area contributed by atoms with Crippen LogP contribution in [0.15, 0.2) is 12.1 Å². The molecule has 0 radical (unpaired) electrons. The molecule has 1 aliphatic rings. The summed E-state index contributed by atoms with van der Waals surface area (Å²) in [6, 6.07) is 3.52. The molecule has 0 saturated heterocycles. The average molecular weight is 306 g/mol. The maximum absolute atomic E-state index is 11.9. The second-order valence-electron chi connectivity index (χ2n) is 4.76. The second kappa shape index (κ2) is 7.81. The number of thiophene rings is 1. The number of rotatable bonds is 6. The fourth-order valence-corrected chi connectivity index (χ4v) is 2.47. The van der Waals surface area contributed by atoms with E-state index < -0.39 is 0 Å². The Morgan fingerprint density at radius 1 is 1.29 bits per heavy atom. The highest BCUT2D eigenvalue weighted by Crippen LogP contribution is 2.28. The van der Waals surface area contributed by atoms with Crippen molar-refractivity contribution >= 4 is 23.2 Å². The van der Waals surface area contributed by atoms with Crippen molar-refractivity contribution in [1.29, 1.82) is 0 Å². The van der Waals surface area contributed by atoms with E-state index in [4.69, 9.17) is 5.11 Å². The van der Waals surface area contributed by atoms with Gasteiger partial charge < -0.3 is 15.7 Å². The molecule has 1 heterocycles. The fraction of sp³-hybridized carbons (Fsp3) is 0.467. The van der Waals surface area contributed by atoms with Crippen LogP contribution in [0.5, 0.6) is 0 Å². The van der Waals surface area contributed by atoms with Crippen LogP contribution in [0.2, 0.25) is 0 Å². The van der Waals surface area contributed by atoms with Crippen LogP contribution >= 0.6 is 11.3 Å². The first-order chi connectivity index (χ1) is 10.2. The Kier molecular flexibility index (Phi) is 5.78. The third-order valence-corrected chi connectivity index (χ3v) is 3.94. The molecule has 1 aromatic heterocycles. The van der Waals surface area contributed by atoms with Gasteiger partial charge in [0.05, 0.1) is 16.4 Å². The number of aliphatic hydroxyl groups is 1. The van der Waals surface area contributed by atoms with E-state index in [1.807, 2.05) is 0 Å². The first kappa shape index (κ1) is 15.5. The lowest BCUT2D eigenvalue weighted by Gasteiger charge is -2.05. The number of amides is 2. The van der Waals surface area contributed by atoms with Crippen molar-refractivity contribution in [1.82, 2.24) is 10.6 Å². The van der Waals surface area contributed by atoms with E-state index in [0.29, 0.717) is 24.4 Å². The predicted molar refractivity (Wildman–Crippen MR) is 81.0 cm³/mol. The van der Waals surface area contributed by atoms with Gasteiger partial charge in [0.25, 0.3) is 5.91 Å². The smallest absolute Gasteiger partial charge is 0.261 e. The van der Waals surface area contributed by atoms with E-state index in [1.165, 1.54) is 11.3 Å². The predicted octanol–water partition coefficient (Wildman–Crippen LogP) is 0.738. The fourth-order valence-electron chi connectivity index (χ4n) is 1.67. The maximum Gasteiger partial charge on any atom is 0.261 e. The van der Waals surface area contributed by atoms with Crippen molar-refractivity contribution < 1.29 is 14.7 Å². The van der Waals surface area contributed by atoms with Gasteiger partial charge in [-0.05, 0) is 25.0 Å². The Bertz CT molecular complexity index is 567. The average Bonchev–Trinajstić information content (AvgIpc) is 3.23. The molecule has 21 heavy (non-hydrogen) atoms. The maximum atomic E-state index is 11.9. The quantitative estimate of drug-likeness (QED) is 0.536. The van der Waals surface area contributed by atoms with Gasteiger partial charge in [0.1, 0.15) is 0 Å². The van der Waals surface area contributed by atoms with Gasteiger partial charge in [-0.2, -0.15) is 0 Å². The van der Waals surface area contributed by atoms with Crippen LogP contribution in [0.25, 0.3) is 0 Å². The Morgan fingerprint density at radius 3 is 2.76 bits per heavy atom. The van der Waals surface area contributed by atoms with Crippen LogP contribution in [0.1, 0.15) is 33.8 Å². The van der Waals surface area contributed by atoms with Crippen molar-refractivity contribution in [3.63, 3.8) is 0 Å². The number of hydrogen-bond acceptors (Lipinski definition) is 4. The summed E-state index contributed by atoms with van der Waals surface area (Å²) in [5.74, 6) is 5.83. The third kappa shape index (κ3) is 5.21. The minimum Gasteiger partial charge on any atom is -0.395 e. The molecule has 0 spiro atoms. The number of nitrogens with one attached hydrogen (secondary N) is 2. The minimum absolute atomic E-state index is 0.0400. The summed E-state index contributed by atoms with van der Waals surface area (Å²) in [4.78, 5) is 24.7. The molecule has 0 aromatic carbocycles. The first-order valence-corrected chi connectivity index (χ1v) is 7.78. The lowest BCUT2D eigenvalue weighted by molar-refractivity contribution is -0.122. The van der Waals surface area contributed by atoms with Crippen LogP contribution in [0.3, 0.4) is 0 Å². The van der Waals surface area contributed by atoms with E-state index >= 15 is 0 Å². The third-order valence-electron chi connectivity index (χ3n) is 2.94. The Balaban J connectivity index is 1.70. The molecular formula is C15H18N2O3S. The molecule has 2 rings (SSSR count). The summed E-state index contributed by atoms with van der Waals surface area (Å²) in [6.45, 7) is 0.911. The van der Waals surface area contributed by atoms with Gasteiger partial charge >= 0.3 is 0 Å². The van der Waals surface area contributed by atoms with Crippen molar-refractivity contribution in [3.8, 4) is 11.8 Å². The monoisotopic (exact) mass is 306 g/mol. The summed E-state index contributed by atoms with van der Waals surface area (Å²) in [5, 5.41) is 14.2. The molecule has 1 saturated carbocycles. The van der Waals surface area contributed by atoms with E-state index in [1.54, 1.807) is 12.1 Å². The zero-order chi connectivity index (χ0) is 15.1. The van der Waals surface area contributed by atoms with Crippen molar-refractivity contribution in [2.24, 2.45) is 5.92 Å². The summed E-state index contributed by atoms with van der Waals surface area (Å²) in [6.07, 6.45) is 2.39. The van der Waals surface area contributed by atoms with Gasteiger partial charge in [-0.25, -0.2) is 0 Å². The van der Waals surface area contributed by atoms with Gasteiger partial charge in [-0.3, -0.25) is 9.59 Å². The number of hydrogen-bond donors (Lipinski definition) is 3. The largest absolute Gasteiger partial charge is 0.395 e. The van der Waals surface area contributed by atoms with E-state index in [-0.39, 0.29) is 24.3 Å². The molecule has 6 heteroatoms. The van der Waals surface area contributed by atoms with Crippen molar-refractivity contribution in [2.45, 2.75) is 19.3 Å². The van der Waals surface area contributed by atoms with Crippen LogP contribution in [-0.4, -0.2) is 36.6 Å². The molecular weight excluding hydrogens is 288 g/mol. The molecule has 5 nitrogen and oxygen atoms in total. The summed E-state index contributed by atoms with van der Waals surface area (Å²) in [5.41, 5.74) is 0. The van der Waals surface area contributed by atoms with Crippen LogP contribution in [0.4, 0.5) is 0 Å².